The summed E-state index contributed by atoms with van der Waals surface area (Å²) in [7, 11) is 0. The summed E-state index contributed by atoms with van der Waals surface area (Å²) in [6, 6.07) is 12.6. The maximum atomic E-state index is 4.34. The SMILES string of the molecule is CCNC(CCc1ccccc1)c1ncccn1. The molecule has 1 unspecified atom stereocenters. The number of hydrogen-bond acceptors (Lipinski definition) is 3. The Hall–Kier alpha value is -1.74. The molecule has 0 saturated carbocycles. The Morgan fingerprint density at radius 2 is 1.78 bits per heavy atom. The third kappa shape index (κ3) is 3.64. The van der Waals surface area contributed by atoms with Gasteiger partial charge in [0.25, 0.3) is 0 Å². The number of rotatable bonds is 6. The van der Waals surface area contributed by atoms with Crippen molar-refractivity contribution >= 4 is 0 Å². The van der Waals surface area contributed by atoms with Crippen LogP contribution in [-0.2, 0) is 6.42 Å². The van der Waals surface area contributed by atoms with Gasteiger partial charge in [-0.1, -0.05) is 37.3 Å². The predicted octanol–water partition coefficient (Wildman–Crippen LogP) is 2.76. The van der Waals surface area contributed by atoms with Gasteiger partial charge in [-0.15, -0.1) is 0 Å². The van der Waals surface area contributed by atoms with Crippen LogP contribution in [-0.4, -0.2) is 16.5 Å². The minimum atomic E-state index is 0.233. The number of nitrogens with one attached hydrogen (secondary N) is 1. The molecule has 0 amide bonds. The maximum absolute atomic E-state index is 4.34. The minimum absolute atomic E-state index is 0.233. The van der Waals surface area contributed by atoms with E-state index in [1.54, 1.807) is 12.4 Å². The van der Waals surface area contributed by atoms with Gasteiger partial charge in [0, 0.05) is 12.4 Å². The molecule has 2 aromatic rings. The van der Waals surface area contributed by atoms with Crippen molar-refractivity contribution in [1.29, 1.82) is 0 Å². The van der Waals surface area contributed by atoms with E-state index in [-0.39, 0.29) is 6.04 Å². The Kier molecular flexibility index (Phi) is 4.85. The molecule has 1 atom stereocenters. The second-order valence-electron chi connectivity index (χ2n) is 4.24. The van der Waals surface area contributed by atoms with E-state index in [1.807, 2.05) is 12.1 Å². The van der Waals surface area contributed by atoms with Gasteiger partial charge in [0.2, 0.25) is 0 Å². The van der Waals surface area contributed by atoms with Gasteiger partial charge in [0.15, 0.2) is 0 Å². The number of hydrogen-bond donors (Lipinski definition) is 1. The Bertz CT molecular complexity index is 442. The number of benzene rings is 1. The summed E-state index contributed by atoms with van der Waals surface area (Å²) in [5.74, 6) is 0.885. The van der Waals surface area contributed by atoms with Crippen molar-refractivity contribution in [2.24, 2.45) is 0 Å². The summed E-state index contributed by atoms with van der Waals surface area (Å²) in [4.78, 5) is 8.67. The van der Waals surface area contributed by atoms with Gasteiger partial charge in [-0.3, -0.25) is 0 Å². The molecule has 3 heteroatoms. The molecule has 94 valence electrons. The molecule has 1 aromatic heterocycles. The second kappa shape index (κ2) is 6.87. The van der Waals surface area contributed by atoms with Gasteiger partial charge in [-0.05, 0) is 31.0 Å². The largest absolute Gasteiger partial charge is 0.308 e. The molecule has 0 aliphatic carbocycles. The van der Waals surface area contributed by atoms with Gasteiger partial charge in [-0.2, -0.15) is 0 Å². The van der Waals surface area contributed by atoms with Crippen molar-refractivity contribution in [2.75, 3.05) is 6.54 Å². The van der Waals surface area contributed by atoms with Crippen LogP contribution in [0.3, 0.4) is 0 Å². The molecular weight excluding hydrogens is 222 g/mol. The highest BCUT2D eigenvalue weighted by molar-refractivity contribution is 5.15. The maximum Gasteiger partial charge on any atom is 0.145 e. The highest BCUT2D eigenvalue weighted by Gasteiger charge is 2.12. The molecule has 18 heavy (non-hydrogen) atoms. The molecule has 2 rings (SSSR count). The van der Waals surface area contributed by atoms with Gasteiger partial charge in [-0.25, -0.2) is 9.97 Å². The quantitative estimate of drug-likeness (QED) is 0.845. The van der Waals surface area contributed by atoms with Crippen LogP contribution >= 0.6 is 0 Å². The Labute approximate surface area is 108 Å². The fourth-order valence-corrected chi connectivity index (χ4v) is 2.02. The topological polar surface area (TPSA) is 37.8 Å². The zero-order chi connectivity index (χ0) is 12.6. The van der Waals surface area contributed by atoms with Crippen molar-refractivity contribution in [3.63, 3.8) is 0 Å². The molecule has 1 aromatic carbocycles. The number of aryl methyl sites for hydroxylation is 1. The molecule has 1 N–H and O–H groups in total. The van der Waals surface area contributed by atoms with Crippen LogP contribution in [0.25, 0.3) is 0 Å². The smallest absolute Gasteiger partial charge is 0.145 e. The average molecular weight is 241 g/mol. The molecular formula is C15H19N3. The normalized spacial score (nSPS) is 12.3. The molecule has 3 nitrogen and oxygen atoms in total. The Morgan fingerprint density at radius 1 is 1.06 bits per heavy atom. The summed E-state index contributed by atoms with van der Waals surface area (Å²) in [6.45, 7) is 3.04. The van der Waals surface area contributed by atoms with Crippen LogP contribution in [0.15, 0.2) is 48.8 Å². The first kappa shape index (κ1) is 12.7. The van der Waals surface area contributed by atoms with Crippen LogP contribution in [0, 0.1) is 0 Å². The first-order chi connectivity index (χ1) is 8.90. The highest BCUT2D eigenvalue weighted by atomic mass is 15.0. The summed E-state index contributed by atoms with van der Waals surface area (Å²) in [5.41, 5.74) is 1.36. The van der Waals surface area contributed by atoms with Crippen molar-refractivity contribution in [1.82, 2.24) is 15.3 Å². The zero-order valence-electron chi connectivity index (χ0n) is 10.7. The molecule has 0 aliphatic rings. The number of nitrogens with zero attached hydrogens (tertiary/aromatic N) is 2. The van der Waals surface area contributed by atoms with Crippen molar-refractivity contribution in [3.05, 3.63) is 60.2 Å². The van der Waals surface area contributed by atoms with Crippen LogP contribution in [0.4, 0.5) is 0 Å². The first-order valence-corrected chi connectivity index (χ1v) is 6.44. The van der Waals surface area contributed by atoms with Crippen molar-refractivity contribution in [2.45, 2.75) is 25.8 Å². The summed E-state index contributed by atoms with van der Waals surface area (Å²) >= 11 is 0. The second-order valence-corrected chi connectivity index (χ2v) is 4.24. The van der Waals surface area contributed by atoms with Crippen molar-refractivity contribution in [3.8, 4) is 0 Å². The van der Waals surface area contributed by atoms with E-state index in [2.05, 4.69) is 46.5 Å². The first-order valence-electron chi connectivity index (χ1n) is 6.44. The van der Waals surface area contributed by atoms with E-state index >= 15 is 0 Å². The van der Waals surface area contributed by atoms with E-state index < -0.39 is 0 Å². The molecule has 1 heterocycles. The predicted molar refractivity (Wildman–Crippen MR) is 73.2 cm³/mol. The number of aromatic nitrogens is 2. The van der Waals surface area contributed by atoms with Gasteiger partial charge in [0.05, 0.1) is 6.04 Å². The van der Waals surface area contributed by atoms with Crippen LogP contribution in [0.1, 0.15) is 30.8 Å². The lowest BCUT2D eigenvalue weighted by Crippen LogP contribution is -2.23. The van der Waals surface area contributed by atoms with E-state index in [4.69, 9.17) is 0 Å². The highest BCUT2D eigenvalue weighted by Crippen LogP contribution is 2.15. The standard InChI is InChI=1S/C15H19N3/c1-2-16-14(15-17-11-6-12-18-15)10-9-13-7-4-3-5-8-13/h3-8,11-12,14,16H,2,9-10H2,1H3. The fraction of sp³-hybridized carbons (Fsp3) is 0.333. The lowest BCUT2D eigenvalue weighted by atomic mass is 10.0. The van der Waals surface area contributed by atoms with E-state index in [0.29, 0.717) is 0 Å². The molecule has 0 saturated heterocycles. The Morgan fingerprint density at radius 3 is 2.44 bits per heavy atom. The van der Waals surface area contributed by atoms with Gasteiger partial charge in [0.1, 0.15) is 5.82 Å². The Balaban J connectivity index is 1.99. The molecule has 0 radical (unpaired) electrons. The molecule has 0 bridgehead atoms. The van der Waals surface area contributed by atoms with Crippen LogP contribution in [0.5, 0.6) is 0 Å². The third-order valence-corrected chi connectivity index (χ3v) is 2.91. The monoisotopic (exact) mass is 241 g/mol. The zero-order valence-corrected chi connectivity index (χ0v) is 10.7. The lowest BCUT2D eigenvalue weighted by Gasteiger charge is -2.16. The minimum Gasteiger partial charge on any atom is -0.308 e. The van der Waals surface area contributed by atoms with E-state index in [9.17, 15) is 0 Å². The average Bonchev–Trinajstić information content (AvgIpc) is 2.45. The fourth-order valence-electron chi connectivity index (χ4n) is 2.02. The molecule has 0 fully saturated rings. The summed E-state index contributed by atoms with van der Waals surface area (Å²) < 4.78 is 0. The third-order valence-electron chi connectivity index (χ3n) is 2.91. The molecule has 0 spiro atoms. The van der Waals surface area contributed by atoms with Crippen LogP contribution < -0.4 is 5.32 Å². The van der Waals surface area contributed by atoms with E-state index in [1.165, 1.54) is 5.56 Å². The van der Waals surface area contributed by atoms with Gasteiger partial charge < -0.3 is 5.32 Å². The van der Waals surface area contributed by atoms with Crippen LogP contribution in [0.2, 0.25) is 0 Å². The lowest BCUT2D eigenvalue weighted by molar-refractivity contribution is 0.490. The molecule has 0 aliphatic heterocycles. The van der Waals surface area contributed by atoms with Crippen molar-refractivity contribution < 1.29 is 0 Å². The summed E-state index contributed by atoms with van der Waals surface area (Å²) in [5, 5.41) is 3.44. The summed E-state index contributed by atoms with van der Waals surface area (Å²) in [6.07, 6.45) is 5.66. The van der Waals surface area contributed by atoms with E-state index in [0.717, 1.165) is 25.2 Å². The van der Waals surface area contributed by atoms with Gasteiger partial charge >= 0.3 is 0 Å².